The number of hydrogen-bond acceptors (Lipinski definition) is 4. The SMILES string of the molecule is Cl.OC(O)C(O)C(O)CP. The normalized spacial score (nSPS) is 16.2. The molecular weight excluding hydrogens is 178 g/mol. The van der Waals surface area contributed by atoms with Crippen LogP contribution in [-0.2, 0) is 0 Å². The zero-order chi connectivity index (χ0) is 7.44. The molecule has 0 aliphatic carbocycles. The average Bonchev–Trinajstić information content (AvgIpc) is 1.84. The standard InChI is InChI=1S/C4H11O4P.ClH/c5-2(1-9)3(6)4(7)8;/h2-8H,1,9H2;1H. The summed E-state index contributed by atoms with van der Waals surface area (Å²) in [6, 6.07) is 0. The summed E-state index contributed by atoms with van der Waals surface area (Å²) in [5.41, 5.74) is 0. The first-order valence-electron chi connectivity index (χ1n) is 2.52. The number of hydrogen-bond donors (Lipinski definition) is 4. The molecule has 0 spiro atoms. The van der Waals surface area contributed by atoms with Crippen LogP contribution in [0.5, 0.6) is 0 Å². The predicted octanol–water partition coefficient (Wildman–Crippen LogP) is -1.68. The number of halogens is 1. The van der Waals surface area contributed by atoms with Crippen molar-refractivity contribution in [3.63, 3.8) is 0 Å². The molecule has 10 heavy (non-hydrogen) atoms. The first-order chi connectivity index (χ1) is 4.09. The molecule has 0 aliphatic heterocycles. The third-order valence-electron chi connectivity index (χ3n) is 0.941. The van der Waals surface area contributed by atoms with Gasteiger partial charge >= 0.3 is 0 Å². The van der Waals surface area contributed by atoms with Crippen LogP contribution in [-0.4, -0.2) is 45.1 Å². The van der Waals surface area contributed by atoms with Crippen LogP contribution in [0.3, 0.4) is 0 Å². The van der Waals surface area contributed by atoms with Gasteiger partial charge in [0.2, 0.25) is 0 Å². The van der Waals surface area contributed by atoms with Crippen molar-refractivity contribution < 1.29 is 20.4 Å². The van der Waals surface area contributed by atoms with Crippen LogP contribution in [0.25, 0.3) is 0 Å². The lowest BCUT2D eigenvalue weighted by Crippen LogP contribution is -2.37. The van der Waals surface area contributed by atoms with Gasteiger partial charge < -0.3 is 20.4 Å². The Labute approximate surface area is 67.5 Å². The summed E-state index contributed by atoms with van der Waals surface area (Å²) >= 11 is 0. The van der Waals surface area contributed by atoms with E-state index in [2.05, 4.69) is 9.24 Å². The second kappa shape index (κ2) is 6.28. The van der Waals surface area contributed by atoms with Crippen molar-refractivity contribution in [2.45, 2.75) is 18.5 Å². The fourth-order valence-electron chi connectivity index (χ4n) is 0.338. The molecule has 64 valence electrons. The molecule has 4 nitrogen and oxygen atoms in total. The van der Waals surface area contributed by atoms with Crippen LogP contribution in [0.2, 0.25) is 0 Å². The minimum atomic E-state index is -1.86. The summed E-state index contributed by atoms with van der Waals surface area (Å²) in [4.78, 5) is 0. The summed E-state index contributed by atoms with van der Waals surface area (Å²) in [5, 5.41) is 33.9. The van der Waals surface area contributed by atoms with Crippen molar-refractivity contribution >= 4 is 21.6 Å². The Morgan fingerprint density at radius 2 is 1.50 bits per heavy atom. The van der Waals surface area contributed by atoms with Crippen LogP contribution in [0, 0.1) is 0 Å². The molecule has 0 fully saturated rings. The van der Waals surface area contributed by atoms with E-state index in [4.69, 9.17) is 20.4 Å². The molecule has 6 heteroatoms. The first-order valence-corrected chi connectivity index (χ1v) is 3.33. The van der Waals surface area contributed by atoms with Gasteiger partial charge in [0.15, 0.2) is 6.29 Å². The second-order valence-electron chi connectivity index (χ2n) is 1.71. The van der Waals surface area contributed by atoms with Gasteiger partial charge in [-0.05, 0) is 6.16 Å². The Hall–Kier alpha value is 0.560. The Balaban J connectivity index is 0. The van der Waals surface area contributed by atoms with Gasteiger partial charge in [0.1, 0.15) is 6.10 Å². The summed E-state index contributed by atoms with van der Waals surface area (Å²) < 4.78 is 0. The molecule has 0 aromatic carbocycles. The van der Waals surface area contributed by atoms with Crippen molar-refractivity contribution in [2.24, 2.45) is 0 Å². The van der Waals surface area contributed by atoms with Gasteiger partial charge in [-0.1, -0.05) is 0 Å². The van der Waals surface area contributed by atoms with E-state index in [0.29, 0.717) is 0 Å². The van der Waals surface area contributed by atoms with E-state index in [1.165, 1.54) is 0 Å². The summed E-state index contributed by atoms with van der Waals surface area (Å²) in [7, 11) is 2.18. The molecule has 0 radical (unpaired) electrons. The number of rotatable bonds is 3. The molecule has 4 N–H and O–H groups in total. The van der Waals surface area contributed by atoms with Crippen LogP contribution in [0.15, 0.2) is 0 Å². The molecule has 3 atom stereocenters. The molecular formula is C4H12ClO4P. The topological polar surface area (TPSA) is 80.9 Å². The highest BCUT2D eigenvalue weighted by Gasteiger charge is 2.20. The van der Waals surface area contributed by atoms with E-state index in [1.54, 1.807) is 0 Å². The molecule has 0 aromatic heterocycles. The second-order valence-corrected chi connectivity index (χ2v) is 2.18. The minimum absolute atomic E-state index is 0. The molecule has 0 heterocycles. The molecule has 0 saturated carbocycles. The van der Waals surface area contributed by atoms with Crippen molar-refractivity contribution in [1.82, 2.24) is 0 Å². The van der Waals surface area contributed by atoms with Crippen LogP contribution in [0.4, 0.5) is 0 Å². The molecule has 0 aromatic rings. The maximum absolute atomic E-state index is 8.71. The van der Waals surface area contributed by atoms with Gasteiger partial charge in [0.25, 0.3) is 0 Å². The lowest BCUT2D eigenvalue weighted by atomic mass is 10.2. The van der Waals surface area contributed by atoms with Gasteiger partial charge in [0, 0.05) is 0 Å². The Bertz CT molecular complexity index is 81.7. The van der Waals surface area contributed by atoms with Gasteiger partial charge in [0.05, 0.1) is 6.10 Å². The quantitative estimate of drug-likeness (QED) is 0.317. The third-order valence-corrected chi connectivity index (χ3v) is 1.42. The Morgan fingerprint density at radius 3 is 1.60 bits per heavy atom. The number of aliphatic hydroxyl groups excluding tert-OH is 3. The molecule has 0 bridgehead atoms. The smallest absolute Gasteiger partial charge is 0.180 e. The first kappa shape index (κ1) is 13.2. The molecule has 3 unspecified atom stereocenters. The molecule has 0 saturated heterocycles. The summed E-state index contributed by atoms with van der Waals surface area (Å²) in [5.74, 6) is 0. The zero-order valence-electron chi connectivity index (χ0n) is 5.21. The monoisotopic (exact) mass is 190 g/mol. The van der Waals surface area contributed by atoms with Crippen LogP contribution >= 0.6 is 21.6 Å². The van der Waals surface area contributed by atoms with E-state index >= 15 is 0 Å². The molecule has 0 aliphatic rings. The van der Waals surface area contributed by atoms with Gasteiger partial charge in [-0.3, -0.25) is 0 Å². The van der Waals surface area contributed by atoms with E-state index in [9.17, 15) is 0 Å². The maximum atomic E-state index is 8.71. The number of aliphatic hydroxyl groups is 4. The van der Waals surface area contributed by atoms with Crippen molar-refractivity contribution in [2.75, 3.05) is 6.16 Å². The van der Waals surface area contributed by atoms with Gasteiger partial charge in [-0.25, -0.2) is 0 Å². The van der Waals surface area contributed by atoms with Crippen molar-refractivity contribution in [3.05, 3.63) is 0 Å². The van der Waals surface area contributed by atoms with Crippen LogP contribution in [0.1, 0.15) is 0 Å². The largest absolute Gasteiger partial charge is 0.390 e. The van der Waals surface area contributed by atoms with Crippen molar-refractivity contribution in [1.29, 1.82) is 0 Å². The van der Waals surface area contributed by atoms with Gasteiger partial charge in [-0.2, -0.15) is 0 Å². The fraction of sp³-hybridized carbons (Fsp3) is 1.00. The van der Waals surface area contributed by atoms with E-state index < -0.39 is 18.5 Å². The lowest BCUT2D eigenvalue weighted by molar-refractivity contribution is -0.152. The van der Waals surface area contributed by atoms with Crippen LogP contribution < -0.4 is 0 Å². The van der Waals surface area contributed by atoms with E-state index in [1.807, 2.05) is 0 Å². The Morgan fingerprint density at radius 1 is 1.10 bits per heavy atom. The highest BCUT2D eigenvalue weighted by Crippen LogP contribution is 2.00. The zero-order valence-corrected chi connectivity index (χ0v) is 7.18. The summed E-state index contributed by atoms with van der Waals surface area (Å²) in [6.45, 7) is 0. The fourth-order valence-corrected chi connectivity index (χ4v) is 0.617. The minimum Gasteiger partial charge on any atom is -0.390 e. The summed E-state index contributed by atoms with van der Waals surface area (Å²) in [6.07, 6.45) is -4.20. The predicted molar refractivity (Wildman–Crippen MR) is 42.1 cm³/mol. The maximum Gasteiger partial charge on any atom is 0.180 e. The van der Waals surface area contributed by atoms with E-state index in [0.717, 1.165) is 0 Å². The molecule has 0 rings (SSSR count). The van der Waals surface area contributed by atoms with E-state index in [-0.39, 0.29) is 18.6 Å². The molecule has 0 amide bonds. The average molecular weight is 191 g/mol. The Kier molecular flexibility index (Phi) is 8.27. The highest BCUT2D eigenvalue weighted by molar-refractivity contribution is 7.16. The lowest BCUT2D eigenvalue weighted by Gasteiger charge is -2.16. The highest BCUT2D eigenvalue weighted by atomic mass is 35.5. The van der Waals surface area contributed by atoms with Gasteiger partial charge in [-0.15, -0.1) is 21.6 Å². The third kappa shape index (κ3) is 4.39. The van der Waals surface area contributed by atoms with Crippen molar-refractivity contribution in [3.8, 4) is 0 Å².